The molecule has 1 atom stereocenters. The van der Waals surface area contributed by atoms with E-state index in [1.165, 1.54) is 0 Å². The highest BCUT2D eigenvalue weighted by Crippen LogP contribution is 2.33. The van der Waals surface area contributed by atoms with Gasteiger partial charge in [-0.1, -0.05) is 6.92 Å². The summed E-state index contributed by atoms with van der Waals surface area (Å²) in [5.41, 5.74) is 0.781. The topological polar surface area (TPSA) is 20.3 Å². The molecule has 1 aliphatic heterocycles. The van der Waals surface area contributed by atoms with Crippen molar-refractivity contribution in [3.8, 4) is 0 Å². The van der Waals surface area contributed by atoms with E-state index in [1.54, 1.807) is 11.3 Å². The molecule has 94 valence electrons. The Morgan fingerprint density at radius 3 is 2.94 bits per heavy atom. The number of nitrogens with zero attached hydrogens (tertiary/aromatic N) is 1. The molecule has 1 aliphatic rings. The molecule has 2 rings (SSSR count). The number of hydrogen-bond acceptors (Lipinski definition) is 3. The second-order valence-electron chi connectivity index (χ2n) is 3.89. The quantitative estimate of drug-likeness (QED) is 0.742. The predicted octanol–water partition coefficient (Wildman–Crippen LogP) is 4.24. The minimum atomic E-state index is 0.151. The van der Waals surface area contributed by atoms with Crippen LogP contribution in [0.3, 0.4) is 0 Å². The predicted molar refractivity (Wildman–Crippen MR) is 82.2 cm³/mol. The van der Waals surface area contributed by atoms with E-state index in [0.717, 1.165) is 38.4 Å². The van der Waals surface area contributed by atoms with Gasteiger partial charge in [-0.3, -0.25) is 4.79 Å². The molecule has 0 spiro atoms. The third kappa shape index (κ3) is 3.28. The number of thiophene rings is 1. The van der Waals surface area contributed by atoms with Crippen molar-refractivity contribution in [2.45, 2.75) is 18.6 Å². The zero-order valence-corrected chi connectivity index (χ0v) is 14.2. The van der Waals surface area contributed by atoms with Crippen molar-refractivity contribution in [1.82, 2.24) is 4.90 Å². The van der Waals surface area contributed by atoms with E-state index in [4.69, 9.17) is 0 Å². The molecule has 2 nitrogen and oxygen atoms in total. The summed E-state index contributed by atoms with van der Waals surface area (Å²) in [6.07, 6.45) is 1.13. The number of carbonyl (C=O) groups is 1. The monoisotopic (exact) mass is 397 g/mol. The van der Waals surface area contributed by atoms with E-state index in [2.05, 4.69) is 38.8 Å². The van der Waals surface area contributed by atoms with E-state index in [9.17, 15) is 4.79 Å². The lowest BCUT2D eigenvalue weighted by Gasteiger charge is -2.31. The molecular weight excluding hydrogens is 386 g/mol. The Kier molecular flexibility index (Phi) is 4.97. The van der Waals surface area contributed by atoms with Gasteiger partial charge in [-0.15, -0.1) is 11.3 Å². The number of halogens is 2. The van der Waals surface area contributed by atoms with Crippen molar-refractivity contribution in [2.75, 3.05) is 18.8 Å². The van der Waals surface area contributed by atoms with Crippen LogP contribution in [0.2, 0.25) is 0 Å². The van der Waals surface area contributed by atoms with Gasteiger partial charge >= 0.3 is 0 Å². The van der Waals surface area contributed by atoms with Gasteiger partial charge in [0.2, 0.25) is 0 Å². The average molecular weight is 399 g/mol. The number of rotatable bonds is 2. The molecule has 0 saturated carbocycles. The van der Waals surface area contributed by atoms with Crippen molar-refractivity contribution in [2.24, 2.45) is 0 Å². The maximum absolute atomic E-state index is 12.4. The summed E-state index contributed by atoms with van der Waals surface area (Å²) in [6.45, 7) is 3.92. The van der Waals surface area contributed by atoms with Crippen LogP contribution < -0.4 is 0 Å². The van der Waals surface area contributed by atoms with Crippen LogP contribution in [0.25, 0.3) is 0 Å². The van der Waals surface area contributed by atoms with Crippen molar-refractivity contribution >= 4 is 60.9 Å². The Labute approximate surface area is 126 Å². The molecule has 1 amide bonds. The maximum atomic E-state index is 12.4. The van der Waals surface area contributed by atoms with Crippen LogP contribution in [-0.2, 0) is 0 Å². The summed E-state index contributed by atoms with van der Waals surface area (Å²) in [7, 11) is 0. The first-order chi connectivity index (χ1) is 8.11. The van der Waals surface area contributed by atoms with E-state index in [0.29, 0.717) is 5.25 Å². The van der Waals surface area contributed by atoms with E-state index in [-0.39, 0.29) is 5.91 Å². The molecule has 6 heteroatoms. The first-order valence-electron chi connectivity index (χ1n) is 5.47. The molecule has 0 bridgehead atoms. The van der Waals surface area contributed by atoms with Gasteiger partial charge in [0.1, 0.15) is 0 Å². The van der Waals surface area contributed by atoms with Crippen LogP contribution in [-0.4, -0.2) is 34.9 Å². The van der Waals surface area contributed by atoms with Crippen molar-refractivity contribution in [3.63, 3.8) is 0 Å². The summed E-state index contributed by atoms with van der Waals surface area (Å²) in [5, 5.41) is 0.591. The van der Waals surface area contributed by atoms with Gasteiger partial charge < -0.3 is 4.90 Å². The van der Waals surface area contributed by atoms with Crippen molar-refractivity contribution < 1.29 is 4.79 Å². The zero-order valence-electron chi connectivity index (χ0n) is 9.41. The summed E-state index contributed by atoms with van der Waals surface area (Å²) >= 11 is 10.4. The highest BCUT2D eigenvalue weighted by molar-refractivity contribution is 9.12. The molecule has 0 aliphatic carbocycles. The molecule has 1 unspecified atom stereocenters. The van der Waals surface area contributed by atoms with E-state index in [1.807, 2.05) is 22.7 Å². The van der Waals surface area contributed by atoms with Gasteiger partial charge in [0.05, 0.1) is 13.1 Å². The Hall–Kier alpha value is 0.480. The van der Waals surface area contributed by atoms with Crippen LogP contribution in [0.15, 0.2) is 13.6 Å². The fourth-order valence-electron chi connectivity index (χ4n) is 1.81. The molecule has 0 radical (unpaired) electrons. The number of hydrogen-bond donors (Lipinski definition) is 0. The Balaban J connectivity index is 2.12. The number of carbonyl (C=O) groups excluding carboxylic acids is 1. The molecule has 1 aromatic rings. The fourth-order valence-corrected chi connectivity index (χ4v) is 5.76. The largest absolute Gasteiger partial charge is 0.337 e. The summed E-state index contributed by atoms with van der Waals surface area (Å²) in [6, 6.07) is 1.90. The summed E-state index contributed by atoms with van der Waals surface area (Å²) in [4.78, 5) is 14.3. The Morgan fingerprint density at radius 2 is 2.35 bits per heavy atom. The average Bonchev–Trinajstić information content (AvgIpc) is 2.67. The minimum absolute atomic E-state index is 0.151. The van der Waals surface area contributed by atoms with Crippen LogP contribution in [0.1, 0.15) is 23.7 Å². The second kappa shape index (κ2) is 6.08. The second-order valence-corrected chi connectivity index (χ2v) is 9.05. The third-order valence-corrected chi connectivity index (χ3v) is 6.48. The first-order valence-corrected chi connectivity index (χ1v) is 8.92. The molecular formula is C11H13Br2NOS2. The van der Waals surface area contributed by atoms with Crippen LogP contribution >= 0.6 is 55.0 Å². The third-order valence-electron chi connectivity index (χ3n) is 2.77. The van der Waals surface area contributed by atoms with Crippen LogP contribution in [0, 0.1) is 0 Å². The first kappa shape index (κ1) is 13.9. The molecule has 1 saturated heterocycles. The fraction of sp³-hybridized carbons (Fsp3) is 0.545. The molecule has 0 N–H and O–H groups in total. The normalized spacial score (nSPS) is 20.6. The highest BCUT2D eigenvalue weighted by atomic mass is 79.9. The van der Waals surface area contributed by atoms with E-state index >= 15 is 0 Å². The molecule has 0 aromatic carbocycles. The Morgan fingerprint density at radius 1 is 1.59 bits per heavy atom. The van der Waals surface area contributed by atoms with Crippen LogP contribution in [0.4, 0.5) is 0 Å². The summed E-state index contributed by atoms with van der Waals surface area (Å²) < 4.78 is 1.91. The highest BCUT2D eigenvalue weighted by Gasteiger charge is 2.25. The lowest BCUT2D eigenvalue weighted by atomic mass is 10.2. The molecule has 1 aromatic heterocycles. The zero-order chi connectivity index (χ0) is 12.4. The maximum Gasteiger partial charge on any atom is 0.255 e. The Bertz CT molecular complexity index is 422. The standard InChI is InChI=1S/C11H13Br2NOS2/c1-2-7-6-14(3-4-16-7)11(15)8-5-9(12)17-10(8)13/h5,7H,2-4,6H2,1H3. The SMILES string of the molecule is CCC1CN(C(=O)c2cc(Br)sc2Br)CCS1. The van der Waals surface area contributed by atoms with Gasteiger partial charge in [-0.2, -0.15) is 11.8 Å². The van der Waals surface area contributed by atoms with Crippen molar-refractivity contribution in [1.29, 1.82) is 0 Å². The summed E-state index contributed by atoms with van der Waals surface area (Å²) in [5.74, 6) is 1.20. The van der Waals surface area contributed by atoms with Gasteiger partial charge in [-0.05, 0) is 44.3 Å². The number of amides is 1. The molecule has 2 heterocycles. The van der Waals surface area contributed by atoms with Gasteiger partial charge in [0, 0.05) is 24.1 Å². The van der Waals surface area contributed by atoms with Gasteiger partial charge in [-0.25, -0.2) is 0 Å². The smallest absolute Gasteiger partial charge is 0.255 e. The van der Waals surface area contributed by atoms with Gasteiger partial charge in [0.15, 0.2) is 0 Å². The van der Waals surface area contributed by atoms with Crippen LogP contribution in [0.5, 0.6) is 0 Å². The molecule has 1 fully saturated rings. The van der Waals surface area contributed by atoms with Crippen molar-refractivity contribution in [3.05, 3.63) is 19.2 Å². The lowest BCUT2D eigenvalue weighted by Crippen LogP contribution is -2.41. The minimum Gasteiger partial charge on any atom is -0.337 e. The van der Waals surface area contributed by atoms with E-state index < -0.39 is 0 Å². The molecule has 17 heavy (non-hydrogen) atoms. The van der Waals surface area contributed by atoms with Gasteiger partial charge in [0.25, 0.3) is 5.91 Å². The number of thioether (sulfide) groups is 1. The lowest BCUT2D eigenvalue weighted by molar-refractivity contribution is 0.0760.